The Balaban J connectivity index is 1.26. The number of benzene rings is 2. The minimum atomic E-state index is -0.316. The minimum Gasteiger partial charge on any atom is -0.369 e. The fourth-order valence-electron chi connectivity index (χ4n) is 4.85. The van der Waals surface area contributed by atoms with Gasteiger partial charge in [-0.05, 0) is 69.4 Å². The van der Waals surface area contributed by atoms with Gasteiger partial charge in [0.15, 0.2) is 5.82 Å². The molecule has 6 nitrogen and oxygen atoms in total. The van der Waals surface area contributed by atoms with Gasteiger partial charge < -0.3 is 14.3 Å². The fraction of sp³-hybridized carbons (Fsp3) is 0.400. The van der Waals surface area contributed by atoms with Gasteiger partial charge in [-0.25, -0.2) is 4.39 Å². The second kappa shape index (κ2) is 8.37. The quantitative estimate of drug-likeness (QED) is 0.599. The van der Waals surface area contributed by atoms with E-state index >= 15 is 0 Å². The van der Waals surface area contributed by atoms with Crippen molar-refractivity contribution in [3.63, 3.8) is 0 Å². The number of hydrogen-bond donors (Lipinski definition) is 0. The second-order valence-electron chi connectivity index (χ2n) is 8.80. The van der Waals surface area contributed by atoms with E-state index in [1.807, 2.05) is 9.80 Å². The summed E-state index contributed by atoms with van der Waals surface area (Å²) in [5, 5.41) is 3.76. The lowest BCUT2D eigenvalue weighted by atomic mass is 9.92. The van der Waals surface area contributed by atoms with Crippen molar-refractivity contribution in [1.82, 2.24) is 10.1 Å². The van der Waals surface area contributed by atoms with Gasteiger partial charge in [0.25, 0.3) is 5.89 Å². The van der Waals surface area contributed by atoms with Crippen LogP contribution in [0, 0.1) is 25.6 Å². The zero-order valence-electron chi connectivity index (χ0n) is 18.5. The maximum absolute atomic E-state index is 14.9. The van der Waals surface area contributed by atoms with Crippen LogP contribution >= 0.6 is 0 Å². The molecule has 0 aliphatic carbocycles. The van der Waals surface area contributed by atoms with E-state index in [1.165, 1.54) is 17.2 Å². The molecule has 2 aliphatic rings. The van der Waals surface area contributed by atoms with Crippen LogP contribution in [0.1, 0.15) is 36.2 Å². The molecule has 0 unspecified atom stereocenters. The molecular weight excluding hydrogens is 407 g/mol. The summed E-state index contributed by atoms with van der Waals surface area (Å²) in [7, 11) is 0. The highest BCUT2D eigenvalue weighted by atomic mass is 19.1. The van der Waals surface area contributed by atoms with Crippen LogP contribution < -0.4 is 9.80 Å². The molecule has 0 N–H and O–H groups in total. The third-order valence-electron chi connectivity index (χ3n) is 6.53. The van der Waals surface area contributed by atoms with Gasteiger partial charge in [0.1, 0.15) is 5.82 Å². The van der Waals surface area contributed by atoms with Crippen molar-refractivity contribution in [2.45, 2.75) is 39.5 Å². The molecule has 2 aliphatic heterocycles. The number of nitrogens with zero attached hydrogens (tertiary/aromatic N) is 4. The van der Waals surface area contributed by atoms with Crippen LogP contribution in [0.4, 0.5) is 15.8 Å². The van der Waals surface area contributed by atoms with E-state index in [1.54, 1.807) is 19.1 Å². The lowest BCUT2D eigenvalue weighted by Crippen LogP contribution is -2.44. The molecule has 3 heterocycles. The number of anilines is 2. The molecule has 166 valence electrons. The maximum atomic E-state index is 14.9. The van der Waals surface area contributed by atoms with Crippen molar-refractivity contribution in [3.8, 4) is 11.5 Å². The molecule has 2 aromatic carbocycles. The van der Waals surface area contributed by atoms with Crippen LogP contribution in [0.15, 0.2) is 40.9 Å². The van der Waals surface area contributed by atoms with E-state index in [2.05, 4.69) is 35.3 Å². The molecule has 0 atom stereocenters. The van der Waals surface area contributed by atoms with Gasteiger partial charge in [-0.15, -0.1) is 0 Å². The molecule has 32 heavy (non-hydrogen) atoms. The summed E-state index contributed by atoms with van der Waals surface area (Å²) in [5.41, 5.74) is 4.67. The number of amides is 1. The van der Waals surface area contributed by atoms with Gasteiger partial charge in [0, 0.05) is 36.8 Å². The summed E-state index contributed by atoms with van der Waals surface area (Å²) in [6, 6.07) is 11.4. The molecule has 0 bridgehead atoms. The molecule has 7 heteroatoms. The van der Waals surface area contributed by atoms with Crippen LogP contribution in [0.25, 0.3) is 11.5 Å². The number of carbonyl (C=O) groups excluding carboxylic acids is 1. The molecule has 0 radical (unpaired) electrons. The zero-order valence-corrected chi connectivity index (χ0v) is 18.5. The van der Waals surface area contributed by atoms with Gasteiger partial charge in [-0.2, -0.15) is 4.98 Å². The summed E-state index contributed by atoms with van der Waals surface area (Å²) in [4.78, 5) is 21.5. The Morgan fingerprint density at radius 3 is 2.56 bits per heavy atom. The average molecular weight is 435 g/mol. The number of fused-ring (bicyclic) bond motifs is 1. The Hall–Kier alpha value is -3.22. The zero-order chi connectivity index (χ0) is 22.2. The predicted octanol–water partition coefficient (Wildman–Crippen LogP) is 4.69. The van der Waals surface area contributed by atoms with Crippen molar-refractivity contribution in [2.75, 3.05) is 29.4 Å². The summed E-state index contributed by atoms with van der Waals surface area (Å²) in [6.45, 7) is 5.90. The molecule has 0 saturated carbocycles. The van der Waals surface area contributed by atoms with E-state index in [0.717, 1.165) is 37.9 Å². The fourth-order valence-corrected chi connectivity index (χ4v) is 4.85. The predicted molar refractivity (Wildman–Crippen MR) is 121 cm³/mol. The minimum absolute atomic E-state index is 0.0257. The lowest BCUT2D eigenvalue weighted by Gasteiger charge is -2.37. The van der Waals surface area contributed by atoms with Gasteiger partial charge in [0.2, 0.25) is 5.91 Å². The maximum Gasteiger partial charge on any atom is 0.258 e. The van der Waals surface area contributed by atoms with Crippen LogP contribution in [-0.2, 0) is 11.2 Å². The van der Waals surface area contributed by atoms with Crippen molar-refractivity contribution >= 4 is 17.3 Å². The standard InChI is InChI=1S/C25H27FN4O2/c1-16-5-7-22-19(14-16)4-3-11-30(22)25(31)18-9-12-29(13-10-18)23-8-6-20(15-21(23)26)24-27-17(2)28-32-24/h5-8,14-15,18H,3-4,9-13H2,1-2H3. The Morgan fingerprint density at radius 1 is 1.06 bits per heavy atom. The normalized spacial score (nSPS) is 16.8. The number of piperidine rings is 1. The lowest BCUT2D eigenvalue weighted by molar-refractivity contribution is -0.123. The van der Waals surface area contributed by atoms with Crippen LogP contribution in [0.5, 0.6) is 0 Å². The largest absolute Gasteiger partial charge is 0.369 e. The van der Waals surface area contributed by atoms with E-state index in [9.17, 15) is 9.18 Å². The first-order chi connectivity index (χ1) is 15.5. The number of rotatable bonds is 3. The second-order valence-corrected chi connectivity index (χ2v) is 8.80. The Kier molecular flexibility index (Phi) is 5.41. The van der Waals surface area contributed by atoms with Crippen molar-refractivity contribution < 1.29 is 13.7 Å². The Labute approximate surface area is 187 Å². The Bertz CT molecular complexity index is 1150. The van der Waals surface area contributed by atoms with E-state index < -0.39 is 0 Å². The highest BCUT2D eigenvalue weighted by molar-refractivity contribution is 5.96. The van der Waals surface area contributed by atoms with Gasteiger partial charge >= 0.3 is 0 Å². The smallest absolute Gasteiger partial charge is 0.258 e. The summed E-state index contributed by atoms with van der Waals surface area (Å²) in [6.07, 6.45) is 3.47. The van der Waals surface area contributed by atoms with Crippen LogP contribution in [-0.4, -0.2) is 35.7 Å². The molecule has 1 amide bonds. The number of aromatic nitrogens is 2. The first-order valence-electron chi connectivity index (χ1n) is 11.3. The number of aryl methyl sites for hydroxylation is 3. The Morgan fingerprint density at radius 2 is 1.84 bits per heavy atom. The summed E-state index contributed by atoms with van der Waals surface area (Å²) >= 11 is 0. The number of halogens is 1. The summed E-state index contributed by atoms with van der Waals surface area (Å²) in [5.74, 6) is 0.694. The van der Waals surface area contributed by atoms with Gasteiger partial charge in [0.05, 0.1) is 5.69 Å². The van der Waals surface area contributed by atoms with Crippen molar-refractivity contribution in [3.05, 3.63) is 59.2 Å². The van der Waals surface area contributed by atoms with Crippen molar-refractivity contribution in [2.24, 2.45) is 5.92 Å². The van der Waals surface area contributed by atoms with Crippen LogP contribution in [0.3, 0.4) is 0 Å². The molecule has 5 rings (SSSR count). The molecule has 3 aromatic rings. The molecule has 1 fully saturated rings. The highest BCUT2D eigenvalue weighted by Gasteiger charge is 2.32. The number of hydrogen-bond acceptors (Lipinski definition) is 5. The molecule has 1 saturated heterocycles. The van der Waals surface area contributed by atoms with Crippen molar-refractivity contribution in [1.29, 1.82) is 0 Å². The van der Waals surface area contributed by atoms with Gasteiger partial charge in [-0.1, -0.05) is 22.9 Å². The average Bonchev–Trinajstić information content (AvgIpc) is 3.24. The SMILES string of the molecule is Cc1ccc2c(c1)CCCN2C(=O)C1CCN(c2ccc(-c3nc(C)no3)cc2F)CC1. The van der Waals surface area contributed by atoms with E-state index in [-0.39, 0.29) is 17.6 Å². The summed E-state index contributed by atoms with van der Waals surface area (Å²) < 4.78 is 20.0. The third-order valence-corrected chi connectivity index (χ3v) is 6.53. The highest BCUT2D eigenvalue weighted by Crippen LogP contribution is 2.33. The first-order valence-corrected chi connectivity index (χ1v) is 11.3. The van der Waals surface area contributed by atoms with Crippen LogP contribution in [0.2, 0.25) is 0 Å². The molecular formula is C25H27FN4O2. The van der Waals surface area contributed by atoms with E-state index in [0.29, 0.717) is 36.1 Å². The third kappa shape index (κ3) is 3.87. The molecule has 0 spiro atoms. The number of carbonyl (C=O) groups is 1. The monoisotopic (exact) mass is 434 g/mol. The molecule has 1 aromatic heterocycles. The first kappa shape index (κ1) is 20.7. The topological polar surface area (TPSA) is 62.5 Å². The van der Waals surface area contributed by atoms with E-state index in [4.69, 9.17) is 4.52 Å². The van der Waals surface area contributed by atoms with Gasteiger partial charge in [-0.3, -0.25) is 4.79 Å².